The lowest BCUT2D eigenvalue weighted by atomic mass is 10.0. The van der Waals surface area contributed by atoms with Crippen molar-refractivity contribution < 1.29 is 13.0 Å². The molecule has 2 aromatic carbocycles. The van der Waals surface area contributed by atoms with E-state index in [1.807, 2.05) is 24.3 Å². The molecule has 1 aliphatic rings. The lowest BCUT2D eigenvalue weighted by Crippen LogP contribution is -2.35. The molecular weight excluding hydrogens is 528 g/mol. The van der Waals surface area contributed by atoms with E-state index in [4.69, 9.17) is 0 Å². The maximum Gasteiger partial charge on any atom is 0.296 e. The second-order valence-corrected chi connectivity index (χ2v) is 13.4. The topological polar surface area (TPSA) is 69.6 Å². The summed E-state index contributed by atoms with van der Waals surface area (Å²) in [5, 5.41) is 3.43. The highest BCUT2D eigenvalue weighted by Crippen LogP contribution is 2.41. The largest absolute Gasteiger partial charge is 0.362 e. The second-order valence-electron chi connectivity index (χ2n) is 12.1. The van der Waals surface area contributed by atoms with Crippen molar-refractivity contribution in [2.75, 3.05) is 10.2 Å². The standard InChI is InChI=1S/C35H56N2O3S/c1-2-3-4-5-6-7-8-9-10-11-12-13-14-15-16-17-18-19-23-29-34-36-35-32(27-24-28-33(35)41(38,39)40)37(34)30-31-25-21-20-22-26-31/h20-22,24-28,34,36H,2-19,23,29-30H2,1H3,(H,38,39,40). The van der Waals surface area contributed by atoms with Crippen LogP contribution < -0.4 is 10.2 Å². The molecule has 5 nitrogen and oxygen atoms in total. The molecule has 0 aliphatic carbocycles. The molecule has 0 amide bonds. The molecule has 0 spiro atoms. The Balaban J connectivity index is 1.25. The van der Waals surface area contributed by atoms with Crippen molar-refractivity contribution in [1.82, 2.24) is 0 Å². The highest BCUT2D eigenvalue weighted by molar-refractivity contribution is 7.86. The van der Waals surface area contributed by atoms with Crippen molar-refractivity contribution in [3.63, 3.8) is 0 Å². The molecule has 6 heteroatoms. The van der Waals surface area contributed by atoms with Gasteiger partial charge in [-0.05, 0) is 30.5 Å². The third-order valence-corrected chi connectivity index (χ3v) is 9.45. The van der Waals surface area contributed by atoms with Crippen LogP contribution in [0.25, 0.3) is 0 Å². The minimum atomic E-state index is -4.29. The number of para-hydroxylation sites is 1. The first-order valence-corrected chi connectivity index (χ1v) is 18.1. The Kier molecular flexibility index (Phi) is 15.7. The van der Waals surface area contributed by atoms with Gasteiger partial charge in [-0.1, -0.05) is 159 Å². The van der Waals surface area contributed by atoms with Crippen LogP contribution in [0.2, 0.25) is 0 Å². The summed E-state index contributed by atoms with van der Waals surface area (Å²) in [6.07, 6.45) is 26.9. The molecule has 2 aromatic rings. The average molecular weight is 585 g/mol. The van der Waals surface area contributed by atoms with Crippen LogP contribution in [0, 0.1) is 0 Å². The van der Waals surface area contributed by atoms with E-state index in [0.717, 1.165) is 18.5 Å². The first-order chi connectivity index (χ1) is 20.0. The Morgan fingerprint density at radius 3 is 1.63 bits per heavy atom. The molecule has 0 radical (unpaired) electrons. The Morgan fingerprint density at radius 1 is 0.659 bits per heavy atom. The molecule has 0 saturated heterocycles. The van der Waals surface area contributed by atoms with E-state index < -0.39 is 10.1 Å². The number of rotatable bonds is 23. The summed E-state index contributed by atoms with van der Waals surface area (Å²) in [5.74, 6) is 0. The van der Waals surface area contributed by atoms with Gasteiger partial charge < -0.3 is 10.2 Å². The smallest absolute Gasteiger partial charge is 0.296 e. The van der Waals surface area contributed by atoms with E-state index in [1.54, 1.807) is 6.07 Å². The van der Waals surface area contributed by atoms with E-state index in [1.165, 1.54) is 127 Å². The van der Waals surface area contributed by atoms with E-state index in [-0.39, 0.29) is 11.1 Å². The van der Waals surface area contributed by atoms with Gasteiger partial charge in [-0.25, -0.2) is 0 Å². The molecule has 1 atom stereocenters. The zero-order chi connectivity index (χ0) is 29.2. The van der Waals surface area contributed by atoms with E-state index >= 15 is 0 Å². The number of hydrogen-bond acceptors (Lipinski definition) is 4. The fraction of sp³-hybridized carbons (Fsp3) is 0.657. The molecule has 41 heavy (non-hydrogen) atoms. The molecule has 230 valence electrons. The van der Waals surface area contributed by atoms with Crippen molar-refractivity contribution in [2.24, 2.45) is 0 Å². The van der Waals surface area contributed by atoms with Gasteiger partial charge in [0.05, 0.1) is 17.5 Å². The molecule has 1 heterocycles. The third kappa shape index (κ3) is 12.4. The van der Waals surface area contributed by atoms with Gasteiger partial charge in [0.2, 0.25) is 0 Å². The van der Waals surface area contributed by atoms with Crippen molar-refractivity contribution in [3.05, 3.63) is 54.1 Å². The predicted octanol–water partition coefficient (Wildman–Crippen LogP) is 10.5. The summed E-state index contributed by atoms with van der Waals surface area (Å²) in [6.45, 7) is 2.98. The molecular formula is C35H56N2O3S. The normalized spacial score (nSPS) is 14.8. The van der Waals surface area contributed by atoms with Crippen LogP contribution in [0.1, 0.15) is 141 Å². The van der Waals surface area contributed by atoms with Gasteiger partial charge in [-0.15, -0.1) is 0 Å². The van der Waals surface area contributed by atoms with Crippen LogP contribution in [0.4, 0.5) is 11.4 Å². The average Bonchev–Trinajstić information content (AvgIpc) is 3.31. The van der Waals surface area contributed by atoms with Crippen molar-refractivity contribution in [1.29, 1.82) is 0 Å². The lowest BCUT2D eigenvalue weighted by molar-refractivity contribution is 0.483. The summed E-state index contributed by atoms with van der Waals surface area (Å²) in [4.78, 5) is 2.21. The van der Waals surface area contributed by atoms with Crippen LogP contribution in [0.3, 0.4) is 0 Å². The van der Waals surface area contributed by atoms with E-state index in [2.05, 4.69) is 29.3 Å². The molecule has 0 aromatic heterocycles. The van der Waals surface area contributed by atoms with Gasteiger partial charge in [-0.2, -0.15) is 8.42 Å². The van der Waals surface area contributed by atoms with Crippen LogP contribution in [0.15, 0.2) is 53.4 Å². The van der Waals surface area contributed by atoms with Crippen molar-refractivity contribution in [2.45, 2.75) is 153 Å². The number of nitrogens with zero attached hydrogens (tertiary/aromatic N) is 1. The quantitative estimate of drug-likeness (QED) is 0.100. The maximum atomic E-state index is 12.0. The van der Waals surface area contributed by atoms with Gasteiger partial charge >= 0.3 is 0 Å². The zero-order valence-corrected chi connectivity index (χ0v) is 26.5. The summed E-state index contributed by atoms with van der Waals surface area (Å²) < 4.78 is 33.8. The Morgan fingerprint density at radius 2 is 1.15 bits per heavy atom. The van der Waals surface area contributed by atoms with Crippen LogP contribution in [0.5, 0.6) is 0 Å². The highest BCUT2D eigenvalue weighted by atomic mass is 32.2. The number of fused-ring (bicyclic) bond motifs is 1. The molecule has 1 unspecified atom stereocenters. The van der Waals surface area contributed by atoms with Crippen molar-refractivity contribution in [3.8, 4) is 0 Å². The van der Waals surface area contributed by atoms with E-state index in [0.29, 0.717) is 12.2 Å². The Hall–Kier alpha value is -2.05. The van der Waals surface area contributed by atoms with Crippen LogP contribution in [-0.2, 0) is 16.7 Å². The van der Waals surface area contributed by atoms with E-state index in [9.17, 15) is 13.0 Å². The fourth-order valence-electron chi connectivity index (χ4n) is 6.15. The highest BCUT2D eigenvalue weighted by Gasteiger charge is 2.32. The Labute approximate surface area is 251 Å². The number of benzene rings is 2. The number of hydrogen-bond donors (Lipinski definition) is 2. The van der Waals surface area contributed by atoms with Crippen LogP contribution >= 0.6 is 0 Å². The van der Waals surface area contributed by atoms with Gasteiger partial charge in [-0.3, -0.25) is 4.55 Å². The third-order valence-electron chi connectivity index (χ3n) is 8.56. The molecule has 3 rings (SSSR count). The molecule has 0 saturated carbocycles. The van der Waals surface area contributed by atoms with Crippen molar-refractivity contribution >= 4 is 21.5 Å². The van der Waals surface area contributed by atoms with Gasteiger partial charge in [0.15, 0.2) is 0 Å². The Bertz CT molecular complexity index is 1070. The summed E-state index contributed by atoms with van der Waals surface area (Å²) in [6, 6.07) is 15.4. The monoisotopic (exact) mass is 584 g/mol. The number of nitrogens with one attached hydrogen (secondary N) is 1. The minimum Gasteiger partial charge on any atom is -0.362 e. The molecule has 2 N–H and O–H groups in total. The first-order valence-electron chi connectivity index (χ1n) is 16.7. The summed E-state index contributed by atoms with van der Waals surface area (Å²) in [5.41, 5.74) is 2.54. The number of anilines is 2. The van der Waals surface area contributed by atoms with Crippen LogP contribution in [-0.4, -0.2) is 19.1 Å². The zero-order valence-electron chi connectivity index (χ0n) is 25.7. The second kappa shape index (κ2) is 19.2. The SMILES string of the molecule is CCCCCCCCCCCCCCCCCCCCCC1Nc2c(cccc2S(=O)(=O)O)N1Cc1ccccc1. The van der Waals surface area contributed by atoms with Gasteiger partial charge in [0.1, 0.15) is 4.90 Å². The molecule has 0 bridgehead atoms. The van der Waals surface area contributed by atoms with Gasteiger partial charge in [0, 0.05) is 6.54 Å². The lowest BCUT2D eigenvalue weighted by Gasteiger charge is -2.27. The summed E-state index contributed by atoms with van der Waals surface area (Å²) >= 11 is 0. The van der Waals surface area contributed by atoms with Gasteiger partial charge in [0.25, 0.3) is 10.1 Å². The summed E-state index contributed by atoms with van der Waals surface area (Å²) in [7, 11) is -4.29. The fourth-order valence-corrected chi connectivity index (χ4v) is 6.82. The predicted molar refractivity (Wildman–Crippen MR) is 174 cm³/mol. The molecule has 0 fully saturated rings. The maximum absolute atomic E-state index is 12.0. The first kappa shape index (κ1) is 33.5. The number of unbranched alkanes of at least 4 members (excludes halogenated alkanes) is 18. The minimum absolute atomic E-state index is 0.0129. The molecule has 1 aliphatic heterocycles.